The number of fused-ring (bicyclic) bond motifs is 1. The van der Waals surface area contributed by atoms with Crippen molar-refractivity contribution in [2.75, 3.05) is 13.7 Å². The first-order valence-electron chi connectivity index (χ1n) is 8.24. The van der Waals surface area contributed by atoms with Crippen LogP contribution >= 0.6 is 0 Å². The largest absolute Gasteiger partial charge is 0.382 e. The summed E-state index contributed by atoms with van der Waals surface area (Å²) in [4.78, 5) is 25.1. The molecule has 1 N–H and O–H groups in total. The summed E-state index contributed by atoms with van der Waals surface area (Å²) in [5, 5.41) is 12.6. The van der Waals surface area contributed by atoms with E-state index < -0.39 is 0 Å². The summed E-state index contributed by atoms with van der Waals surface area (Å²) in [6.45, 7) is 1.95. The fraction of sp³-hybridized carbons (Fsp3) is 0.333. The van der Waals surface area contributed by atoms with Crippen LogP contribution in [-0.2, 0) is 23.1 Å². The number of carbonyl (C=O) groups excluding carboxylic acids is 1. The third-order valence-corrected chi connectivity index (χ3v) is 4.23. The smallest absolute Gasteiger partial charge is 0.275 e. The minimum absolute atomic E-state index is 0.164. The Morgan fingerprint density at radius 1 is 1.27 bits per heavy atom. The van der Waals surface area contributed by atoms with Gasteiger partial charge in [-0.25, -0.2) is 4.68 Å². The maximum absolute atomic E-state index is 12.6. The van der Waals surface area contributed by atoms with E-state index in [9.17, 15) is 9.59 Å². The van der Waals surface area contributed by atoms with Gasteiger partial charge in [-0.05, 0) is 19.1 Å². The number of rotatable bonds is 6. The molecule has 0 aliphatic carbocycles. The van der Waals surface area contributed by atoms with Crippen molar-refractivity contribution in [2.24, 2.45) is 7.05 Å². The van der Waals surface area contributed by atoms with E-state index in [2.05, 4.69) is 15.5 Å². The van der Waals surface area contributed by atoms with Crippen LogP contribution in [-0.4, -0.2) is 39.2 Å². The number of ether oxygens (including phenoxy) is 1. The number of nitrogens with zero attached hydrogens (tertiary/aromatic N) is 4. The van der Waals surface area contributed by atoms with E-state index in [4.69, 9.17) is 4.74 Å². The van der Waals surface area contributed by atoms with E-state index in [0.29, 0.717) is 17.7 Å². The number of hydrogen-bond acceptors (Lipinski definition) is 5. The summed E-state index contributed by atoms with van der Waals surface area (Å²) in [6.07, 6.45) is 1.66. The zero-order valence-corrected chi connectivity index (χ0v) is 15.0. The average Bonchev–Trinajstić information content (AvgIpc) is 3.05. The minimum atomic E-state index is -0.364. The molecule has 1 amide bonds. The molecule has 0 aliphatic rings. The molecular formula is C18H21N5O3. The Hall–Kier alpha value is -3.00. The van der Waals surface area contributed by atoms with Crippen LogP contribution in [0.25, 0.3) is 10.8 Å². The molecular weight excluding hydrogens is 334 g/mol. The first kappa shape index (κ1) is 17.8. The normalized spacial score (nSPS) is 12.3. The topological polar surface area (TPSA) is 91.0 Å². The molecule has 2 heterocycles. The van der Waals surface area contributed by atoms with E-state index >= 15 is 0 Å². The van der Waals surface area contributed by atoms with Gasteiger partial charge in [0.05, 0.1) is 29.4 Å². The van der Waals surface area contributed by atoms with E-state index in [1.165, 1.54) is 4.68 Å². The van der Waals surface area contributed by atoms with Crippen molar-refractivity contribution >= 4 is 16.7 Å². The maximum atomic E-state index is 12.6. The van der Waals surface area contributed by atoms with Crippen molar-refractivity contribution < 1.29 is 9.53 Å². The Morgan fingerprint density at radius 2 is 2.00 bits per heavy atom. The second-order valence-corrected chi connectivity index (χ2v) is 6.05. The van der Waals surface area contributed by atoms with Crippen molar-refractivity contribution in [1.29, 1.82) is 0 Å². The molecule has 0 saturated heterocycles. The predicted octanol–water partition coefficient (Wildman–Crippen LogP) is 0.942. The number of aromatic nitrogens is 4. The fourth-order valence-corrected chi connectivity index (χ4v) is 2.98. The van der Waals surface area contributed by atoms with Crippen molar-refractivity contribution in [1.82, 2.24) is 24.9 Å². The summed E-state index contributed by atoms with van der Waals surface area (Å²) >= 11 is 0. The predicted molar refractivity (Wildman–Crippen MR) is 96.7 cm³/mol. The molecule has 8 nitrogen and oxygen atoms in total. The number of benzene rings is 1. The Bertz CT molecular complexity index is 992. The molecule has 0 fully saturated rings. The van der Waals surface area contributed by atoms with Crippen molar-refractivity contribution in [3.8, 4) is 0 Å². The van der Waals surface area contributed by atoms with Gasteiger partial charge < -0.3 is 10.1 Å². The van der Waals surface area contributed by atoms with Gasteiger partial charge in [0, 0.05) is 25.7 Å². The molecule has 1 atom stereocenters. The molecule has 0 spiro atoms. The van der Waals surface area contributed by atoms with Crippen LogP contribution in [0.15, 0.2) is 41.3 Å². The number of amides is 1. The minimum Gasteiger partial charge on any atom is -0.382 e. The van der Waals surface area contributed by atoms with Gasteiger partial charge in [0.15, 0.2) is 0 Å². The highest BCUT2D eigenvalue weighted by Crippen LogP contribution is 2.13. The first-order chi connectivity index (χ1) is 12.5. The third-order valence-electron chi connectivity index (χ3n) is 4.23. The monoisotopic (exact) mass is 355 g/mol. The van der Waals surface area contributed by atoms with Gasteiger partial charge >= 0.3 is 0 Å². The molecule has 8 heteroatoms. The zero-order chi connectivity index (χ0) is 18.7. The number of methoxy groups -OCH3 is 1. The summed E-state index contributed by atoms with van der Waals surface area (Å²) in [5.74, 6) is -0.322. The molecule has 2 aromatic heterocycles. The molecule has 26 heavy (non-hydrogen) atoms. The maximum Gasteiger partial charge on any atom is 0.275 e. The van der Waals surface area contributed by atoms with Crippen molar-refractivity contribution in [3.63, 3.8) is 0 Å². The van der Waals surface area contributed by atoms with Gasteiger partial charge in [-0.3, -0.25) is 14.3 Å². The summed E-state index contributed by atoms with van der Waals surface area (Å²) in [6, 6.07) is 8.69. The van der Waals surface area contributed by atoms with Gasteiger partial charge in [0.25, 0.3) is 5.56 Å². The van der Waals surface area contributed by atoms with Crippen LogP contribution in [0.1, 0.15) is 17.4 Å². The van der Waals surface area contributed by atoms with E-state index in [-0.39, 0.29) is 24.1 Å². The van der Waals surface area contributed by atoms with Crippen LogP contribution in [0.5, 0.6) is 0 Å². The molecule has 136 valence electrons. The number of hydrogen-bond donors (Lipinski definition) is 1. The number of carbonyl (C=O) groups is 1. The number of aryl methyl sites for hydroxylation is 2. The standard InChI is InChI=1S/C18H21N5O3/c1-12-13-6-4-5-7-14(13)18(25)23(21-12)10-17(24)20-15(11-26-3)16-8-9-19-22(16)2/h4-9,15H,10-11H2,1-3H3,(H,20,24)/t15-/m0/s1. The van der Waals surface area contributed by atoms with Gasteiger partial charge in [-0.15, -0.1) is 0 Å². The second kappa shape index (κ2) is 7.49. The average molecular weight is 355 g/mol. The fourth-order valence-electron chi connectivity index (χ4n) is 2.98. The van der Waals surface area contributed by atoms with E-state index in [1.807, 2.05) is 25.1 Å². The Balaban J connectivity index is 1.83. The van der Waals surface area contributed by atoms with Gasteiger partial charge in [0.1, 0.15) is 6.54 Å². The molecule has 3 rings (SSSR count). The lowest BCUT2D eigenvalue weighted by Crippen LogP contribution is -2.38. The lowest BCUT2D eigenvalue weighted by molar-refractivity contribution is -0.123. The first-order valence-corrected chi connectivity index (χ1v) is 8.24. The second-order valence-electron chi connectivity index (χ2n) is 6.05. The summed E-state index contributed by atoms with van der Waals surface area (Å²) in [7, 11) is 3.36. The zero-order valence-electron chi connectivity index (χ0n) is 15.0. The van der Waals surface area contributed by atoms with Crippen LogP contribution in [0.2, 0.25) is 0 Å². The van der Waals surface area contributed by atoms with Gasteiger partial charge in [0.2, 0.25) is 5.91 Å². The molecule has 1 aromatic carbocycles. The molecule has 0 bridgehead atoms. The van der Waals surface area contributed by atoms with Crippen molar-refractivity contribution in [3.05, 3.63) is 58.3 Å². The third kappa shape index (κ3) is 3.50. The molecule has 3 aromatic rings. The Labute approximate surface area is 150 Å². The lowest BCUT2D eigenvalue weighted by atomic mass is 10.1. The molecule has 0 radical (unpaired) electrons. The SMILES string of the molecule is COC[C@H](NC(=O)Cn1nc(C)c2ccccc2c1=O)c1ccnn1C. The Kier molecular flexibility index (Phi) is 5.13. The molecule has 0 unspecified atom stereocenters. The lowest BCUT2D eigenvalue weighted by Gasteiger charge is -2.18. The van der Waals surface area contributed by atoms with Crippen LogP contribution in [0.3, 0.4) is 0 Å². The van der Waals surface area contributed by atoms with Crippen LogP contribution in [0, 0.1) is 6.92 Å². The highest BCUT2D eigenvalue weighted by atomic mass is 16.5. The van der Waals surface area contributed by atoms with Crippen molar-refractivity contribution in [2.45, 2.75) is 19.5 Å². The van der Waals surface area contributed by atoms with Crippen LogP contribution in [0.4, 0.5) is 0 Å². The van der Waals surface area contributed by atoms with Crippen LogP contribution < -0.4 is 10.9 Å². The van der Waals surface area contributed by atoms with Gasteiger partial charge in [-0.2, -0.15) is 10.2 Å². The molecule has 0 saturated carbocycles. The molecule has 0 aliphatic heterocycles. The summed E-state index contributed by atoms with van der Waals surface area (Å²) < 4.78 is 8.06. The van der Waals surface area contributed by atoms with E-state index in [0.717, 1.165) is 11.1 Å². The summed E-state index contributed by atoms with van der Waals surface area (Å²) in [5.41, 5.74) is 1.23. The quantitative estimate of drug-likeness (QED) is 0.711. The van der Waals surface area contributed by atoms with E-state index in [1.54, 1.807) is 37.2 Å². The highest BCUT2D eigenvalue weighted by molar-refractivity contribution is 5.83. The Morgan fingerprint density at radius 3 is 2.65 bits per heavy atom. The highest BCUT2D eigenvalue weighted by Gasteiger charge is 2.19. The van der Waals surface area contributed by atoms with Gasteiger partial charge in [-0.1, -0.05) is 18.2 Å². The number of nitrogens with one attached hydrogen (secondary N) is 1.